The Kier molecular flexibility index (Phi) is 10.9. The fourth-order valence-electron chi connectivity index (χ4n) is 1.51. The maximum atomic E-state index is 5.40. The van der Waals surface area contributed by atoms with Crippen molar-refractivity contribution in [3.05, 3.63) is 0 Å². The van der Waals surface area contributed by atoms with Crippen LogP contribution < -0.4 is 11.1 Å². The van der Waals surface area contributed by atoms with Crippen LogP contribution in [-0.2, 0) is 0 Å². The maximum Gasteiger partial charge on any atom is -0.00369 e. The Labute approximate surface area is 89.6 Å². The third kappa shape index (κ3) is 11.9. The van der Waals surface area contributed by atoms with Gasteiger partial charge in [0.1, 0.15) is 0 Å². The van der Waals surface area contributed by atoms with Crippen molar-refractivity contribution in [3.63, 3.8) is 0 Å². The van der Waals surface area contributed by atoms with Crippen LogP contribution >= 0.6 is 0 Å². The number of hydrogen-bond acceptors (Lipinski definition) is 2. The van der Waals surface area contributed by atoms with Crippen LogP contribution in [0, 0.1) is 5.92 Å². The summed E-state index contributed by atoms with van der Waals surface area (Å²) in [6.45, 7) is 7.66. The van der Waals surface area contributed by atoms with Crippen LogP contribution in [-0.4, -0.2) is 19.6 Å². The largest absolute Gasteiger partial charge is 0.330 e. The zero-order chi connectivity index (χ0) is 10.6. The van der Waals surface area contributed by atoms with Gasteiger partial charge in [-0.05, 0) is 38.4 Å². The standard InChI is InChI=1S/C12H28N2/c1-12(2)8-5-3-4-6-10-14-11-7-9-13/h12,14H,3-11,13H2,1-2H3. The SMILES string of the molecule is CC(C)CCCCCCNCCCN. The molecule has 0 aromatic heterocycles. The fourth-order valence-corrected chi connectivity index (χ4v) is 1.51. The lowest BCUT2D eigenvalue weighted by Crippen LogP contribution is -2.19. The molecular weight excluding hydrogens is 172 g/mol. The Balaban J connectivity index is 2.85. The van der Waals surface area contributed by atoms with Gasteiger partial charge < -0.3 is 11.1 Å². The number of nitrogens with two attached hydrogens (primary N) is 1. The Morgan fingerprint density at radius 2 is 1.57 bits per heavy atom. The maximum absolute atomic E-state index is 5.40. The molecule has 0 aliphatic rings. The number of hydrogen-bond donors (Lipinski definition) is 2. The van der Waals surface area contributed by atoms with Crippen molar-refractivity contribution in [2.45, 2.75) is 52.4 Å². The van der Waals surface area contributed by atoms with Crippen LogP contribution in [0.3, 0.4) is 0 Å². The van der Waals surface area contributed by atoms with E-state index in [9.17, 15) is 0 Å². The predicted molar refractivity (Wildman–Crippen MR) is 64.5 cm³/mol. The molecule has 0 unspecified atom stereocenters. The molecule has 2 heteroatoms. The lowest BCUT2D eigenvalue weighted by atomic mass is 10.0. The van der Waals surface area contributed by atoms with E-state index in [1.165, 1.54) is 38.6 Å². The second-order valence-corrected chi connectivity index (χ2v) is 4.49. The minimum Gasteiger partial charge on any atom is -0.330 e. The molecule has 0 bridgehead atoms. The summed E-state index contributed by atoms with van der Waals surface area (Å²) in [4.78, 5) is 0. The van der Waals surface area contributed by atoms with Crippen LogP contribution in [0.4, 0.5) is 0 Å². The molecular formula is C12H28N2. The lowest BCUT2D eigenvalue weighted by molar-refractivity contribution is 0.511. The van der Waals surface area contributed by atoms with Crippen molar-refractivity contribution in [2.75, 3.05) is 19.6 Å². The molecule has 0 amide bonds. The molecule has 0 aromatic carbocycles. The van der Waals surface area contributed by atoms with Crippen molar-refractivity contribution >= 4 is 0 Å². The molecule has 86 valence electrons. The predicted octanol–water partition coefficient (Wildman–Crippen LogP) is 2.53. The van der Waals surface area contributed by atoms with Crippen molar-refractivity contribution < 1.29 is 0 Å². The molecule has 0 atom stereocenters. The summed E-state index contributed by atoms with van der Waals surface area (Å²) < 4.78 is 0. The lowest BCUT2D eigenvalue weighted by Gasteiger charge is -2.05. The second-order valence-electron chi connectivity index (χ2n) is 4.49. The molecule has 2 nitrogen and oxygen atoms in total. The van der Waals surface area contributed by atoms with Gasteiger partial charge >= 0.3 is 0 Å². The zero-order valence-corrected chi connectivity index (χ0v) is 10.0. The third-order valence-electron chi connectivity index (χ3n) is 2.44. The summed E-state index contributed by atoms with van der Waals surface area (Å²) >= 11 is 0. The second kappa shape index (κ2) is 11.0. The highest BCUT2D eigenvalue weighted by Gasteiger charge is 1.94. The Hall–Kier alpha value is -0.0800. The van der Waals surface area contributed by atoms with Crippen LogP contribution in [0.1, 0.15) is 52.4 Å². The van der Waals surface area contributed by atoms with Crippen LogP contribution in [0.25, 0.3) is 0 Å². The van der Waals surface area contributed by atoms with E-state index < -0.39 is 0 Å². The van der Waals surface area contributed by atoms with E-state index in [4.69, 9.17) is 5.73 Å². The van der Waals surface area contributed by atoms with Gasteiger partial charge in [-0.15, -0.1) is 0 Å². The molecule has 0 saturated carbocycles. The number of nitrogens with one attached hydrogen (secondary N) is 1. The Bertz CT molecular complexity index is 102. The van der Waals surface area contributed by atoms with E-state index in [1.807, 2.05) is 0 Å². The van der Waals surface area contributed by atoms with Gasteiger partial charge in [-0.1, -0.05) is 39.5 Å². The zero-order valence-electron chi connectivity index (χ0n) is 10.0. The van der Waals surface area contributed by atoms with Crippen molar-refractivity contribution in [3.8, 4) is 0 Å². The van der Waals surface area contributed by atoms with Gasteiger partial charge in [-0.2, -0.15) is 0 Å². The fraction of sp³-hybridized carbons (Fsp3) is 1.00. The highest BCUT2D eigenvalue weighted by atomic mass is 14.8. The van der Waals surface area contributed by atoms with Crippen molar-refractivity contribution in [2.24, 2.45) is 11.7 Å². The van der Waals surface area contributed by atoms with E-state index in [1.54, 1.807) is 0 Å². The molecule has 0 radical (unpaired) electrons. The quantitative estimate of drug-likeness (QED) is 0.532. The van der Waals surface area contributed by atoms with Gasteiger partial charge in [0.25, 0.3) is 0 Å². The van der Waals surface area contributed by atoms with Crippen molar-refractivity contribution in [1.29, 1.82) is 0 Å². The summed E-state index contributed by atoms with van der Waals surface area (Å²) in [5.74, 6) is 0.873. The highest BCUT2D eigenvalue weighted by Crippen LogP contribution is 2.08. The van der Waals surface area contributed by atoms with Crippen LogP contribution in [0.5, 0.6) is 0 Å². The average Bonchev–Trinajstić information content (AvgIpc) is 2.15. The first-order valence-electron chi connectivity index (χ1n) is 6.18. The molecule has 0 heterocycles. The Morgan fingerprint density at radius 3 is 2.21 bits per heavy atom. The van der Waals surface area contributed by atoms with E-state index in [2.05, 4.69) is 19.2 Å². The summed E-state index contributed by atoms with van der Waals surface area (Å²) in [6, 6.07) is 0. The molecule has 0 aromatic rings. The third-order valence-corrected chi connectivity index (χ3v) is 2.44. The molecule has 0 rings (SSSR count). The molecule has 0 aliphatic carbocycles. The monoisotopic (exact) mass is 200 g/mol. The van der Waals surface area contributed by atoms with Gasteiger partial charge in [-0.3, -0.25) is 0 Å². The minimum atomic E-state index is 0.807. The van der Waals surface area contributed by atoms with E-state index >= 15 is 0 Å². The van der Waals surface area contributed by atoms with E-state index in [0.29, 0.717) is 0 Å². The molecule has 0 saturated heterocycles. The first-order valence-corrected chi connectivity index (χ1v) is 6.18. The van der Waals surface area contributed by atoms with Gasteiger partial charge in [0, 0.05) is 0 Å². The molecule has 14 heavy (non-hydrogen) atoms. The highest BCUT2D eigenvalue weighted by molar-refractivity contribution is 4.51. The van der Waals surface area contributed by atoms with Gasteiger partial charge in [0.2, 0.25) is 0 Å². The molecule has 3 N–H and O–H groups in total. The van der Waals surface area contributed by atoms with Crippen molar-refractivity contribution in [1.82, 2.24) is 5.32 Å². The topological polar surface area (TPSA) is 38.0 Å². The van der Waals surface area contributed by atoms with Gasteiger partial charge in [-0.25, -0.2) is 0 Å². The summed E-state index contributed by atoms with van der Waals surface area (Å²) in [7, 11) is 0. The minimum absolute atomic E-state index is 0.807. The summed E-state index contributed by atoms with van der Waals surface area (Å²) in [6.07, 6.45) is 8.00. The Morgan fingerprint density at radius 1 is 0.929 bits per heavy atom. The number of rotatable bonds is 10. The van der Waals surface area contributed by atoms with E-state index in [-0.39, 0.29) is 0 Å². The van der Waals surface area contributed by atoms with Gasteiger partial charge in [0.05, 0.1) is 0 Å². The smallest absolute Gasteiger partial charge is 0.00369 e. The molecule has 0 spiro atoms. The summed E-state index contributed by atoms with van der Waals surface area (Å²) in [5, 5.41) is 3.41. The van der Waals surface area contributed by atoms with Crippen LogP contribution in [0.15, 0.2) is 0 Å². The normalized spacial score (nSPS) is 11.1. The number of unbranched alkanes of at least 4 members (excludes halogenated alkanes) is 3. The van der Waals surface area contributed by atoms with E-state index in [0.717, 1.165) is 25.4 Å². The van der Waals surface area contributed by atoms with Crippen LogP contribution in [0.2, 0.25) is 0 Å². The first kappa shape index (κ1) is 13.9. The van der Waals surface area contributed by atoms with Gasteiger partial charge in [0.15, 0.2) is 0 Å². The summed E-state index contributed by atoms with van der Waals surface area (Å²) in [5.41, 5.74) is 5.40. The first-order chi connectivity index (χ1) is 6.77. The average molecular weight is 200 g/mol. The molecule has 0 aliphatic heterocycles. The molecule has 0 fully saturated rings.